The minimum Gasteiger partial charge on any atom is -0.546 e. The molecule has 1 aromatic heterocycles. The fourth-order valence-electron chi connectivity index (χ4n) is 1.62. The van der Waals surface area contributed by atoms with Gasteiger partial charge in [0.25, 0.3) is 0 Å². The quantitative estimate of drug-likeness (QED) is 0.722. The molecule has 23 heavy (non-hydrogen) atoms. The lowest BCUT2D eigenvalue weighted by Crippen LogP contribution is -2.48. The van der Waals surface area contributed by atoms with E-state index in [9.17, 15) is 14.7 Å². The van der Waals surface area contributed by atoms with Gasteiger partial charge in [0.15, 0.2) is 6.10 Å². The molecule has 0 amide bonds. The van der Waals surface area contributed by atoms with E-state index in [1.165, 1.54) is 13.1 Å². The zero-order valence-corrected chi connectivity index (χ0v) is 14.8. The molecule has 0 aromatic carbocycles. The van der Waals surface area contributed by atoms with Gasteiger partial charge < -0.3 is 30.4 Å². The van der Waals surface area contributed by atoms with Crippen LogP contribution in [0, 0.1) is 0 Å². The molecule has 0 aliphatic heterocycles. The van der Waals surface area contributed by atoms with Crippen molar-refractivity contribution in [1.29, 1.82) is 0 Å². The Labute approximate surface area is 142 Å². The third kappa shape index (κ3) is 6.31. The molecule has 1 rings (SSSR count). The van der Waals surface area contributed by atoms with Gasteiger partial charge in [-0.1, -0.05) is 0 Å². The van der Waals surface area contributed by atoms with Gasteiger partial charge >= 0.3 is 6.16 Å². The molecule has 9 heteroatoms. The summed E-state index contributed by atoms with van der Waals surface area (Å²) in [5, 5.41) is 14.1. The van der Waals surface area contributed by atoms with Gasteiger partial charge in [0.1, 0.15) is 11.4 Å². The molecule has 0 saturated carbocycles. The largest absolute Gasteiger partial charge is 0.546 e. The van der Waals surface area contributed by atoms with Crippen LogP contribution in [-0.2, 0) is 14.3 Å². The maximum Gasteiger partial charge on any atom is 0.509 e. The van der Waals surface area contributed by atoms with Crippen molar-refractivity contribution in [2.75, 3.05) is 11.1 Å². The van der Waals surface area contributed by atoms with E-state index in [0.29, 0.717) is 10.2 Å². The van der Waals surface area contributed by atoms with Crippen molar-refractivity contribution >= 4 is 39.6 Å². The zero-order valence-electron chi connectivity index (χ0n) is 13.3. The highest BCUT2D eigenvalue weighted by molar-refractivity contribution is 9.10. The second-order valence-corrected chi connectivity index (χ2v) is 6.76. The smallest absolute Gasteiger partial charge is 0.509 e. The second kappa shape index (κ2) is 7.49. The van der Waals surface area contributed by atoms with Crippen LogP contribution in [0.3, 0.4) is 0 Å². The van der Waals surface area contributed by atoms with Gasteiger partial charge in [0.05, 0.1) is 17.7 Å². The van der Waals surface area contributed by atoms with E-state index in [0.717, 1.165) is 0 Å². The summed E-state index contributed by atoms with van der Waals surface area (Å²) in [4.78, 5) is 26.8. The first kappa shape index (κ1) is 19.0. The van der Waals surface area contributed by atoms with Gasteiger partial charge in [0, 0.05) is 10.7 Å². The SMILES string of the molecule is C[C@@H](Nc1cc(Br)cnc1N)[C@H](OC(=O)OC(C)(C)C)C(=O)[O-]. The number of nitrogens with one attached hydrogen (secondary N) is 1. The third-order valence-corrected chi connectivity index (χ3v) is 3.00. The van der Waals surface area contributed by atoms with E-state index in [4.69, 9.17) is 15.2 Å². The maximum atomic E-state index is 11.6. The minimum absolute atomic E-state index is 0.175. The number of aliphatic carboxylic acids is 1. The van der Waals surface area contributed by atoms with Crippen LogP contribution in [0.15, 0.2) is 16.7 Å². The number of carboxylic acid groups (broad SMARTS) is 1. The predicted molar refractivity (Wildman–Crippen MR) is 85.5 cm³/mol. The van der Waals surface area contributed by atoms with Crippen molar-refractivity contribution in [2.45, 2.75) is 45.4 Å². The molecule has 1 heterocycles. The van der Waals surface area contributed by atoms with Crippen LogP contribution in [-0.4, -0.2) is 34.9 Å². The van der Waals surface area contributed by atoms with Crippen molar-refractivity contribution in [1.82, 2.24) is 4.98 Å². The Hall–Kier alpha value is -2.03. The van der Waals surface area contributed by atoms with Crippen LogP contribution in [0.2, 0.25) is 0 Å². The lowest BCUT2D eigenvalue weighted by atomic mass is 10.1. The van der Waals surface area contributed by atoms with Crippen molar-refractivity contribution < 1.29 is 24.2 Å². The fraction of sp³-hybridized carbons (Fsp3) is 0.500. The van der Waals surface area contributed by atoms with Gasteiger partial charge in [-0.2, -0.15) is 0 Å². The molecule has 0 unspecified atom stereocenters. The number of pyridine rings is 1. The summed E-state index contributed by atoms with van der Waals surface area (Å²) < 4.78 is 10.4. The van der Waals surface area contributed by atoms with Crippen molar-refractivity contribution in [3.63, 3.8) is 0 Å². The highest BCUT2D eigenvalue weighted by atomic mass is 79.9. The topological polar surface area (TPSA) is 127 Å². The van der Waals surface area contributed by atoms with Crippen LogP contribution in [0.5, 0.6) is 0 Å². The average Bonchev–Trinajstić information content (AvgIpc) is 2.37. The number of aromatic nitrogens is 1. The highest BCUT2D eigenvalue weighted by Crippen LogP contribution is 2.22. The normalized spacial score (nSPS) is 13.8. The van der Waals surface area contributed by atoms with E-state index in [1.807, 2.05) is 0 Å². The van der Waals surface area contributed by atoms with E-state index in [1.54, 1.807) is 26.8 Å². The standard InChI is InChI=1S/C14H20BrN3O5/c1-7(18-9-5-8(15)6-17-11(9)16)10(12(19)20)22-13(21)23-14(2,3)4/h5-7,10,18H,1-4H3,(H2,16,17)(H,19,20)/p-1/t7-,10+/m1/s1. The van der Waals surface area contributed by atoms with Crippen LogP contribution >= 0.6 is 15.9 Å². The van der Waals surface area contributed by atoms with Gasteiger partial charge in [-0.15, -0.1) is 0 Å². The molecule has 0 aliphatic carbocycles. The Morgan fingerprint density at radius 2 is 2.04 bits per heavy atom. The number of nitrogens with zero attached hydrogens (tertiary/aromatic N) is 1. The van der Waals surface area contributed by atoms with E-state index in [2.05, 4.69) is 26.2 Å². The number of nitrogen functional groups attached to an aromatic ring is 1. The molecule has 2 atom stereocenters. The molecule has 1 aromatic rings. The second-order valence-electron chi connectivity index (χ2n) is 5.84. The number of carbonyl (C=O) groups excluding carboxylic acids is 2. The van der Waals surface area contributed by atoms with Crippen LogP contribution < -0.4 is 16.2 Å². The summed E-state index contributed by atoms with van der Waals surface area (Å²) in [6.07, 6.45) is -1.16. The lowest BCUT2D eigenvalue weighted by Gasteiger charge is -2.28. The molecule has 0 bridgehead atoms. The first-order chi connectivity index (χ1) is 10.5. The predicted octanol–water partition coefficient (Wildman–Crippen LogP) is 1.30. The number of carbonyl (C=O) groups is 2. The Balaban J connectivity index is 2.82. The van der Waals surface area contributed by atoms with Crippen LogP contribution in [0.25, 0.3) is 0 Å². The lowest BCUT2D eigenvalue weighted by molar-refractivity contribution is -0.315. The van der Waals surface area contributed by atoms with Gasteiger partial charge in [0.2, 0.25) is 0 Å². The molecule has 0 aliphatic rings. The van der Waals surface area contributed by atoms with Crippen molar-refractivity contribution in [3.8, 4) is 0 Å². The first-order valence-electron chi connectivity index (χ1n) is 6.77. The molecular weight excluding hydrogens is 370 g/mol. The van der Waals surface area contributed by atoms with E-state index in [-0.39, 0.29) is 5.82 Å². The van der Waals surface area contributed by atoms with Gasteiger partial charge in [-0.3, -0.25) is 0 Å². The number of halogens is 1. The van der Waals surface area contributed by atoms with E-state index >= 15 is 0 Å². The number of hydrogen-bond acceptors (Lipinski definition) is 8. The molecule has 0 saturated heterocycles. The van der Waals surface area contributed by atoms with E-state index < -0.39 is 29.9 Å². The fourth-order valence-corrected chi connectivity index (χ4v) is 1.95. The molecular formula is C14H19BrN3O5-. The summed E-state index contributed by atoms with van der Waals surface area (Å²) in [7, 11) is 0. The number of rotatable bonds is 5. The summed E-state index contributed by atoms with van der Waals surface area (Å²) in [6, 6.07) is 0.796. The maximum absolute atomic E-state index is 11.6. The van der Waals surface area contributed by atoms with Crippen molar-refractivity contribution in [2.24, 2.45) is 0 Å². The minimum atomic E-state index is -1.57. The van der Waals surface area contributed by atoms with Gasteiger partial charge in [-0.25, -0.2) is 9.78 Å². The van der Waals surface area contributed by atoms with Crippen molar-refractivity contribution in [3.05, 3.63) is 16.7 Å². The first-order valence-corrected chi connectivity index (χ1v) is 7.57. The zero-order chi connectivity index (χ0) is 17.8. The monoisotopic (exact) mass is 388 g/mol. The number of nitrogens with two attached hydrogens (primary N) is 1. The summed E-state index contributed by atoms with van der Waals surface area (Å²) >= 11 is 3.23. The highest BCUT2D eigenvalue weighted by Gasteiger charge is 2.27. The molecule has 0 radical (unpaired) electrons. The molecule has 0 fully saturated rings. The molecule has 8 nitrogen and oxygen atoms in total. The Morgan fingerprint density at radius 1 is 1.43 bits per heavy atom. The Kier molecular flexibility index (Phi) is 6.20. The number of hydrogen-bond donors (Lipinski definition) is 2. The number of anilines is 2. The van der Waals surface area contributed by atoms with Gasteiger partial charge in [-0.05, 0) is 49.7 Å². The summed E-state index contributed by atoms with van der Waals surface area (Å²) in [5.74, 6) is -1.38. The average molecular weight is 389 g/mol. The Morgan fingerprint density at radius 3 is 2.57 bits per heavy atom. The molecule has 128 valence electrons. The van der Waals surface area contributed by atoms with Crippen LogP contribution in [0.1, 0.15) is 27.7 Å². The number of ether oxygens (including phenoxy) is 2. The van der Waals surface area contributed by atoms with Crippen LogP contribution in [0.4, 0.5) is 16.3 Å². The third-order valence-electron chi connectivity index (χ3n) is 2.57. The number of carboxylic acids is 1. The molecule has 0 spiro atoms. The summed E-state index contributed by atoms with van der Waals surface area (Å²) in [5.41, 5.74) is 5.30. The molecule has 3 N–H and O–H groups in total. The Bertz CT molecular complexity index is 588. The summed E-state index contributed by atoms with van der Waals surface area (Å²) in [6.45, 7) is 6.42.